The summed E-state index contributed by atoms with van der Waals surface area (Å²) in [7, 11) is 0. The average Bonchev–Trinajstić information content (AvgIpc) is 2.87. The molecule has 90 valence electrons. The summed E-state index contributed by atoms with van der Waals surface area (Å²) in [5, 5.41) is 6.49. The third-order valence-corrected chi connectivity index (χ3v) is 3.64. The molecule has 2 aromatic rings. The standard InChI is InChI=1S/C11H11ClN2O2S/c1-6-5-8(14-16-6)11(15)13-7(2)9-3-4-10(12)17-9/h3-5,7H,1-2H3,(H,13,15)/t7-/m0/s1. The van der Waals surface area contributed by atoms with E-state index in [4.69, 9.17) is 16.1 Å². The molecule has 0 saturated carbocycles. The fourth-order valence-electron chi connectivity index (χ4n) is 1.38. The number of thiophene rings is 1. The van der Waals surface area contributed by atoms with E-state index in [0.717, 1.165) is 4.88 Å². The lowest BCUT2D eigenvalue weighted by molar-refractivity contribution is 0.0931. The lowest BCUT2D eigenvalue weighted by Crippen LogP contribution is -2.26. The molecule has 0 bridgehead atoms. The Bertz CT molecular complexity index is 535. The van der Waals surface area contributed by atoms with Gasteiger partial charge in [0.25, 0.3) is 5.91 Å². The molecule has 0 spiro atoms. The summed E-state index contributed by atoms with van der Waals surface area (Å²) in [5.41, 5.74) is 0.289. The number of carbonyl (C=O) groups is 1. The number of nitrogens with zero attached hydrogens (tertiary/aromatic N) is 1. The van der Waals surface area contributed by atoms with Crippen LogP contribution in [0, 0.1) is 6.92 Å². The first kappa shape index (κ1) is 12.1. The van der Waals surface area contributed by atoms with Crippen LogP contribution in [0.25, 0.3) is 0 Å². The third-order valence-electron chi connectivity index (χ3n) is 2.23. The van der Waals surface area contributed by atoms with Crippen LogP contribution >= 0.6 is 22.9 Å². The average molecular weight is 271 g/mol. The zero-order chi connectivity index (χ0) is 12.4. The van der Waals surface area contributed by atoms with Gasteiger partial charge in [0.05, 0.1) is 10.4 Å². The molecule has 17 heavy (non-hydrogen) atoms. The van der Waals surface area contributed by atoms with Crippen LogP contribution < -0.4 is 5.32 Å². The van der Waals surface area contributed by atoms with Crippen molar-refractivity contribution >= 4 is 28.8 Å². The van der Waals surface area contributed by atoms with Crippen LogP contribution in [0.5, 0.6) is 0 Å². The highest BCUT2D eigenvalue weighted by Gasteiger charge is 2.15. The van der Waals surface area contributed by atoms with Crippen molar-refractivity contribution in [3.05, 3.63) is 38.9 Å². The second-order valence-corrected chi connectivity index (χ2v) is 5.41. The number of amides is 1. The van der Waals surface area contributed by atoms with Crippen LogP contribution in [0.2, 0.25) is 4.34 Å². The van der Waals surface area contributed by atoms with Crippen LogP contribution in [-0.2, 0) is 0 Å². The largest absolute Gasteiger partial charge is 0.361 e. The van der Waals surface area contributed by atoms with E-state index < -0.39 is 0 Å². The molecule has 0 radical (unpaired) electrons. The number of nitrogens with one attached hydrogen (secondary N) is 1. The number of carbonyl (C=O) groups excluding carboxylic acids is 1. The van der Waals surface area contributed by atoms with Gasteiger partial charge >= 0.3 is 0 Å². The Hall–Kier alpha value is -1.33. The summed E-state index contributed by atoms with van der Waals surface area (Å²) in [6.07, 6.45) is 0. The second kappa shape index (κ2) is 4.89. The van der Waals surface area contributed by atoms with Gasteiger partial charge < -0.3 is 9.84 Å². The first-order valence-electron chi connectivity index (χ1n) is 5.05. The number of aryl methyl sites for hydroxylation is 1. The molecular formula is C11H11ClN2O2S. The molecule has 4 nitrogen and oxygen atoms in total. The zero-order valence-electron chi connectivity index (χ0n) is 9.36. The van der Waals surface area contributed by atoms with Crippen molar-refractivity contribution in [1.82, 2.24) is 10.5 Å². The van der Waals surface area contributed by atoms with E-state index in [9.17, 15) is 4.79 Å². The Balaban J connectivity index is 2.04. The topological polar surface area (TPSA) is 55.1 Å². The van der Waals surface area contributed by atoms with E-state index in [0.29, 0.717) is 10.1 Å². The number of rotatable bonds is 3. The van der Waals surface area contributed by atoms with E-state index in [1.165, 1.54) is 11.3 Å². The summed E-state index contributed by atoms with van der Waals surface area (Å²) >= 11 is 7.28. The first-order chi connectivity index (χ1) is 8.06. The van der Waals surface area contributed by atoms with Crippen LogP contribution in [0.15, 0.2) is 22.7 Å². The molecule has 1 atom stereocenters. The van der Waals surface area contributed by atoms with Gasteiger partial charge in [-0.25, -0.2) is 0 Å². The molecule has 0 unspecified atom stereocenters. The highest BCUT2D eigenvalue weighted by atomic mass is 35.5. The lowest BCUT2D eigenvalue weighted by atomic mass is 10.2. The maximum atomic E-state index is 11.8. The lowest BCUT2D eigenvalue weighted by Gasteiger charge is -2.10. The number of hydrogen-bond donors (Lipinski definition) is 1. The number of aromatic nitrogens is 1. The molecule has 6 heteroatoms. The van der Waals surface area contributed by atoms with Gasteiger partial charge in [0, 0.05) is 10.9 Å². The van der Waals surface area contributed by atoms with E-state index in [1.54, 1.807) is 13.0 Å². The molecule has 2 aromatic heterocycles. The molecule has 0 aliphatic rings. The minimum absolute atomic E-state index is 0.1000. The molecule has 2 rings (SSSR count). The van der Waals surface area contributed by atoms with Crippen LogP contribution in [-0.4, -0.2) is 11.1 Å². The van der Waals surface area contributed by atoms with Crippen molar-refractivity contribution in [3.8, 4) is 0 Å². The van der Waals surface area contributed by atoms with E-state index in [1.807, 2.05) is 19.1 Å². The molecule has 0 aromatic carbocycles. The highest BCUT2D eigenvalue weighted by molar-refractivity contribution is 7.16. The van der Waals surface area contributed by atoms with E-state index in [-0.39, 0.29) is 17.6 Å². The minimum Gasteiger partial charge on any atom is -0.361 e. The fraction of sp³-hybridized carbons (Fsp3) is 0.273. The maximum absolute atomic E-state index is 11.8. The summed E-state index contributed by atoms with van der Waals surface area (Å²) in [6, 6.07) is 5.21. The summed E-state index contributed by atoms with van der Waals surface area (Å²) in [6.45, 7) is 3.64. The Morgan fingerprint density at radius 1 is 1.59 bits per heavy atom. The fourth-order valence-corrected chi connectivity index (χ4v) is 2.44. The predicted octanol–water partition coefficient (Wildman–Crippen LogP) is 3.19. The van der Waals surface area contributed by atoms with Gasteiger partial charge in [-0.2, -0.15) is 0 Å². The van der Waals surface area contributed by atoms with Crippen molar-refractivity contribution in [3.63, 3.8) is 0 Å². The Morgan fingerprint density at radius 3 is 2.88 bits per heavy atom. The highest BCUT2D eigenvalue weighted by Crippen LogP contribution is 2.26. The normalized spacial score (nSPS) is 12.4. The summed E-state index contributed by atoms with van der Waals surface area (Å²) in [5.74, 6) is 0.362. The quantitative estimate of drug-likeness (QED) is 0.932. The molecule has 0 aliphatic heterocycles. The Labute approximate surface area is 108 Å². The zero-order valence-corrected chi connectivity index (χ0v) is 10.9. The predicted molar refractivity (Wildman–Crippen MR) is 66.5 cm³/mol. The van der Waals surface area contributed by atoms with Crippen LogP contribution in [0.1, 0.15) is 34.1 Å². The molecule has 0 saturated heterocycles. The van der Waals surface area contributed by atoms with Crippen molar-refractivity contribution < 1.29 is 9.32 Å². The van der Waals surface area contributed by atoms with Crippen molar-refractivity contribution in [2.75, 3.05) is 0 Å². The first-order valence-corrected chi connectivity index (χ1v) is 6.25. The Morgan fingerprint density at radius 2 is 2.35 bits per heavy atom. The number of halogens is 1. The van der Waals surface area contributed by atoms with Crippen molar-refractivity contribution in [2.45, 2.75) is 19.9 Å². The second-order valence-electron chi connectivity index (χ2n) is 3.66. The van der Waals surface area contributed by atoms with Crippen LogP contribution in [0.4, 0.5) is 0 Å². The van der Waals surface area contributed by atoms with Gasteiger partial charge in [-0.15, -0.1) is 11.3 Å². The van der Waals surface area contributed by atoms with Gasteiger partial charge in [0.1, 0.15) is 5.76 Å². The smallest absolute Gasteiger partial charge is 0.273 e. The molecule has 2 heterocycles. The third kappa shape index (κ3) is 2.87. The summed E-state index contributed by atoms with van der Waals surface area (Å²) in [4.78, 5) is 12.8. The SMILES string of the molecule is Cc1cc(C(=O)N[C@@H](C)c2ccc(Cl)s2)no1. The maximum Gasteiger partial charge on any atom is 0.273 e. The van der Waals surface area contributed by atoms with Crippen molar-refractivity contribution in [1.29, 1.82) is 0 Å². The van der Waals surface area contributed by atoms with Gasteiger partial charge in [-0.1, -0.05) is 16.8 Å². The molecule has 0 fully saturated rings. The van der Waals surface area contributed by atoms with Gasteiger partial charge in [0.15, 0.2) is 5.69 Å². The van der Waals surface area contributed by atoms with E-state index >= 15 is 0 Å². The van der Waals surface area contributed by atoms with E-state index in [2.05, 4.69) is 10.5 Å². The van der Waals surface area contributed by atoms with Crippen molar-refractivity contribution in [2.24, 2.45) is 0 Å². The molecule has 1 amide bonds. The van der Waals surface area contributed by atoms with Gasteiger partial charge in [0.2, 0.25) is 0 Å². The monoisotopic (exact) mass is 270 g/mol. The van der Waals surface area contributed by atoms with Gasteiger partial charge in [-0.3, -0.25) is 4.79 Å². The van der Waals surface area contributed by atoms with Gasteiger partial charge in [-0.05, 0) is 26.0 Å². The van der Waals surface area contributed by atoms with Crippen LogP contribution in [0.3, 0.4) is 0 Å². The summed E-state index contributed by atoms with van der Waals surface area (Å²) < 4.78 is 5.55. The minimum atomic E-state index is -0.251. The molecule has 0 aliphatic carbocycles. The molecule has 1 N–H and O–H groups in total. The Kier molecular flexibility index (Phi) is 3.49. The number of hydrogen-bond acceptors (Lipinski definition) is 4. The molecular weight excluding hydrogens is 260 g/mol.